The molecule has 19 heavy (non-hydrogen) atoms. The molecule has 2 aromatic carbocycles. The van der Waals surface area contributed by atoms with Crippen LogP contribution in [0.15, 0.2) is 46.9 Å². The van der Waals surface area contributed by atoms with Crippen molar-refractivity contribution in [3.05, 3.63) is 52.5 Å². The summed E-state index contributed by atoms with van der Waals surface area (Å²) in [6.07, 6.45) is 0. The van der Waals surface area contributed by atoms with E-state index in [1.54, 1.807) is 23.5 Å². The van der Waals surface area contributed by atoms with Gasteiger partial charge in [0.25, 0.3) is 0 Å². The SMILES string of the molecule is NC(=O)c1ccc2nc(-c3ccccc3Br)sc2c1. The molecule has 0 bridgehead atoms. The molecule has 94 valence electrons. The smallest absolute Gasteiger partial charge is 0.248 e. The molecule has 0 atom stereocenters. The molecule has 5 heteroatoms. The monoisotopic (exact) mass is 332 g/mol. The minimum absolute atomic E-state index is 0.419. The van der Waals surface area contributed by atoms with Crippen molar-refractivity contribution >= 4 is 43.4 Å². The van der Waals surface area contributed by atoms with E-state index in [1.165, 1.54) is 0 Å². The Kier molecular flexibility index (Phi) is 3.08. The van der Waals surface area contributed by atoms with Crippen LogP contribution in [0.2, 0.25) is 0 Å². The molecule has 0 unspecified atom stereocenters. The quantitative estimate of drug-likeness (QED) is 0.775. The zero-order valence-corrected chi connectivity index (χ0v) is 12.2. The van der Waals surface area contributed by atoms with E-state index in [4.69, 9.17) is 5.73 Å². The van der Waals surface area contributed by atoms with E-state index < -0.39 is 5.91 Å². The van der Waals surface area contributed by atoms with Crippen molar-refractivity contribution < 1.29 is 4.79 Å². The molecule has 3 nitrogen and oxygen atoms in total. The molecule has 0 aliphatic carbocycles. The highest BCUT2D eigenvalue weighted by atomic mass is 79.9. The van der Waals surface area contributed by atoms with Gasteiger partial charge in [0, 0.05) is 15.6 Å². The van der Waals surface area contributed by atoms with Gasteiger partial charge in [-0.3, -0.25) is 4.79 Å². The number of carbonyl (C=O) groups excluding carboxylic acids is 1. The Morgan fingerprint density at radius 2 is 2.00 bits per heavy atom. The molecule has 2 N–H and O–H groups in total. The van der Waals surface area contributed by atoms with Gasteiger partial charge in [0.05, 0.1) is 10.2 Å². The predicted octanol–water partition coefficient (Wildman–Crippen LogP) is 3.82. The summed E-state index contributed by atoms with van der Waals surface area (Å²) in [6, 6.07) is 13.2. The Hall–Kier alpha value is -1.72. The van der Waals surface area contributed by atoms with Crippen molar-refractivity contribution in [3.8, 4) is 10.6 Å². The van der Waals surface area contributed by atoms with Gasteiger partial charge in [0.2, 0.25) is 5.91 Å². The number of hydrogen-bond acceptors (Lipinski definition) is 3. The fraction of sp³-hybridized carbons (Fsp3) is 0. The number of carbonyl (C=O) groups is 1. The molecular weight excluding hydrogens is 324 g/mol. The molecule has 0 aliphatic heterocycles. The van der Waals surface area contributed by atoms with Gasteiger partial charge in [-0.1, -0.05) is 34.1 Å². The number of primary amides is 1. The van der Waals surface area contributed by atoms with E-state index in [0.29, 0.717) is 5.56 Å². The summed E-state index contributed by atoms with van der Waals surface area (Å²) in [5.41, 5.74) is 7.72. The lowest BCUT2D eigenvalue weighted by Gasteiger charge is -1.97. The van der Waals surface area contributed by atoms with E-state index in [1.807, 2.05) is 30.3 Å². The van der Waals surface area contributed by atoms with Gasteiger partial charge in [0.1, 0.15) is 5.01 Å². The number of benzene rings is 2. The largest absolute Gasteiger partial charge is 0.366 e. The first-order valence-electron chi connectivity index (χ1n) is 5.60. The zero-order chi connectivity index (χ0) is 13.4. The third kappa shape index (κ3) is 2.27. The normalized spacial score (nSPS) is 10.8. The van der Waals surface area contributed by atoms with E-state index >= 15 is 0 Å². The Balaban J connectivity index is 2.17. The molecule has 0 spiro atoms. The number of nitrogens with zero attached hydrogens (tertiary/aromatic N) is 1. The summed E-state index contributed by atoms with van der Waals surface area (Å²) in [6.45, 7) is 0. The topological polar surface area (TPSA) is 56.0 Å². The van der Waals surface area contributed by atoms with Crippen LogP contribution in [-0.2, 0) is 0 Å². The third-order valence-corrected chi connectivity index (χ3v) is 4.52. The molecule has 0 saturated carbocycles. The molecule has 0 aliphatic rings. The lowest BCUT2D eigenvalue weighted by Crippen LogP contribution is -2.10. The van der Waals surface area contributed by atoms with Crippen molar-refractivity contribution in [1.82, 2.24) is 4.98 Å². The van der Waals surface area contributed by atoms with Crippen LogP contribution in [0, 0.1) is 0 Å². The number of aromatic nitrogens is 1. The highest BCUT2D eigenvalue weighted by Gasteiger charge is 2.10. The van der Waals surface area contributed by atoms with Crippen LogP contribution in [-0.4, -0.2) is 10.9 Å². The lowest BCUT2D eigenvalue weighted by atomic mass is 10.2. The van der Waals surface area contributed by atoms with Crippen LogP contribution in [0.3, 0.4) is 0 Å². The summed E-state index contributed by atoms with van der Waals surface area (Å²) in [7, 11) is 0. The predicted molar refractivity (Wildman–Crippen MR) is 81.3 cm³/mol. The lowest BCUT2D eigenvalue weighted by molar-refractivity contribution is 0.100. The molecule has 0 saturated heterocycles. The molecular formula is C14H9BrN2OS. The van der Waals surface area contributed by atoms with Gasteiger partial charge in [-0.2, -0.15) is 0 Å². The molecule has 0 fully saturated rings. The molecule has 0 radical (unpaired) electrons. The summed E-state index contributed by atoms with van der Waals surface area (Å²) in [5, 5.41) is 0.920. The van der Waals surface area contributed by atoms with Gasteiger partial charge in [0.15, 0.2) is 0 Å². The van der Waals surface area contributed by atoms with Crippen molar-refractivity contribution in [1.29, 1.82) is 0 Å². The van der Waals surface area contributed by atoms with E-state index in [2.05, 4.69) is 20.9 Å². The third-order valence-electron chi connectivity index (χ3n) is 2.78. The second-order valence-corrected chi connectivity index (χ2v) is 5.93. The van der Waals surface area contributed by atoms with Crippen molar-refractivity contribution in [3.63, 3.8) is 0 Å². The Labute approximate surface area is 122 Å². The fourth-order valence-corrected chi connectivity index (χ4v) is 3.48. The van der Waals surface area contributed by atoms with E-state index in [-0.39, 0.29) is 0 Å². The van der Waals surface area contributed by atoms with Gasteiger partial charge in [-0.15, -0.1) is 11.3 Å². The van der Waals surface area contributed by atoms with Crippen molar-refractivity contribution in [2.24, 2.45) is 5.73 Å². The van der Waals surface area contributed by atoms with Crippen LogP contribution in [0.1, 0.15) is 10.4 Å². The van der Waals surface area contributed by atoms with E-state index in [9.17, 15) is 4.79 Å². The van der Waals surface area contributed by atoms with Crippen LogP contribution < -0.4 is 5.73 Å². The Morgan fingerprint density at radius 3 is 2.74 bits per heavy atom. The summed E-state index contributed by atoms with van der Waals surface area (Å²) in [4.78, 5) is 15.8. The van der Waals surface area contributed by atoms with Crippen LogP contribution in [0.4, 0.5) is 0 Å². The summed E-state index contributed by atoms with van der Waals surface area (Å²) >= 11 is 5.07. The van der Waals surface area contributed by atoms with Gasteiger partial charge in [-0.25, -0.2) is 4.98 Å². The second-order valence-electron chi connectivity index (χ2n) is 4.05. The number of halogens is 1. The first kappa shape index (κ1) is 12.3. The number of rotatable bonds is 2. The number of amides is 1. The average Bonchev–Trinajstić information content (AvgIpc) is 2.81. The fourth-order valence-electron chi connectivity index (χ4n) is 1.83. The standard InChI is InChI=1S/C14H9BrN2OS/c15-10-4-2-1-3-9(10)14-17-11-6-5-8(13(16)18)7-12(11)19-14/h1-7H,(H2,16,18). The van der Waals surface area contributed by atoms with E-state index in [0.717, 1.165) is 25.3 Å². The zero-order valence-electron chi connectivity index (χ0n) is 9.76. The highest BCUT2D eigenvalue weighted by molar-refractivity contribution is 9.10. The first-order chi connectivity index (χ1) is 9.15. The second kappa shape index (κ2) is 4.75. The van der Waals surface area contributed by atoms with Gasteiger partial charge >= 0.3 is 0 Å². The van der Waals surface area contributed by atoms with Crippen LogP contribution >= 0.6 is 27.3 Å². The number of hydrogen-bond donors (Lipinski definition) is 1. The maximum atomic E-state index is 11.2. The summed E-state index contributed by atoms with van der Waals surface area (Å²) < 4.78 is 1.96. The minimum Gasteiger partial charge on any atom is -0.366 e. The molecule has 1 amide bonds. The molecule has 3 rings (SSSR count). The average molecular weight is 333 g/mol. The Morgan fingerprint density at radius 1 is 1.21 bits per heavy atom. The van der Waals surface area contributed by atoms with Gasteiger partial charge < -0.3 is 5.73 Å². The number of thiazole rings is 1. The van der Waals surface area contributed by atoms with Gasteiger partial charge in [-0.05, 0) is 24.3 Å². The number of fused-ring (bicyclic) bond motifs is 1. The molecule has 3 aromatic rings. The number of nitrogens with two attached hydrogens (primary N) is 1. The Bertz CT molecular complexity index is 782. The molecule has 1 heterocycles. The maximum Gasteiger partial charge on any atom is 0.248 e. The maximum absolute atomic E-state index is 11.2. The van der Waals surface area contributed by atoms with Crippen LogP contribution in [0.5, 0.6) is 0 Å². The first-order valence-corrected chi connectivity index (χ1v) is 7.21. The minimum atomic E-state index is -0.419. The summed E-state index contributed by atoms with van der Waals surface area (Å²) in [5.74, 6) is -0.419. The molecule has 1 aromatic heterocycles. The van der Waals surface area contributed by atoms with Crippen molar-refractivity contribution in [2.45, 2.75) is 0 Å². The highest BCUT2D eigenvalue weighted by Crippen LogP contribution is 2.34. The van der Waals surface area contributed by atoms with Crippen LogP contribution in [0.25, 0.3) is 20.8 Å². The van der Waals surface area contributed by atoms with Crippen molar-refractivity contribution in [2.75, 3.05) is 0 Å².